The van der Waals surface area contributed by atoms with Crippen molar-refractivity contribution in [1.29, 1.82) is 0 Å². The van der Waals surface area contributed by atoms with E-state index in [0.717, 1.165) is 13.1 Å². The molecule has 1 aromatic carbocycles. The fourth-order valence-corrected chi connectivity index (χ4v) is 2.03. The van der Waals surface area contributed by atoms with E-state index in [1.165, 1.54) is 0 Å². The molecule has 0 atom stereocenters. The lowest BCUT2D eigenvalue weighted by molar-refractivity contribution is 0.334. The molecule has 2 heterocycles. The maximum absolute atomic E-state index is 12.3. The first-order valence-corrected chi connectivity index (χ1v) is 5.56. The topological polar surface area (TPSA) is 56.1 Å². The Kier molecular flexibility index (Phi) is 2.33. The van der Waals surface area contributed by atoms with Crippen LogP contribution in [0.1, 0.15) is 6.04 Å². The third-order valence-electron chi connectivity index (χ3n) is 3.15. The van der Waals surface area contributed by atoms with Gasteiger partial charge in [0, 0.05) is 13.1 Å². The van der Waals surface area contributed by atoms with Gasteiger partial charge in [-0.15, -0.1) is 0 Å². The minimum atomic E-state index is 0.000370. The first-order valence-electron chi connectivity index (χ1n) is 5.56. The van der Waals surface area contributed by atoms with E-state index in [2.05, 4.69) is 10.3 Å². The van der Waals surface area contributed by atoms with Gasteiger partial charge in [-0.1, -0.05) is 6.07 Å². The molecule has 5 heteroatoms. The molecule has 0 radical (unpaired) electrons. The zero-order chi connectivity index (χ0) is 11.8. The van der Waals surface area contributed by atoms with E-state index < -0.39 is 0 Å². The van der Waals surface area contributed by atoms with Gasteiger partial charge < -0.3 is 10.1 Å². The number of aromatic nitrogens is 2. The molecule has 2 aromatic rings. The number of methoxy groups -OCH3 is 1. The fraction of sp³-hybridized carbons (Fsp3) is 0.333. The lowest BCUT2D eigenvalue weighted by Gasteiger charge is -2.28. The van der Waals surface area contributed by atoms with Crippen LogP contribution in [-0.2, 0) is 0 Å². The van der Waals surface area contributed by atoms with Crippen molar-refractivity contribution in [2.75, 3.05) is 20.2 Å². The molecule has 1 N–H and O–H groups in total. The molecule has 5 nitrogen and oxygen atoms in total. The molecule has 0 spiro atoms. The smallest absolute Gasteiger partial charge is 0.261 e. The molecule has 1 aliphatic rings. The summed E-state index contributed by atoms with van der Waals surface area (Å²) in [5.41, 5.74) is 0.629. The molecule has 0 bridgehead atoms. The summed E-state index contributed by atoms with van der Waals surface area (Å²) >= 11 is 0. The molecule has 1 fully saturated rings. The average Bonchev–Trinajstić information content (AvgIpc) is 2.30. The van der Waals surface area contributed by atoms with Gasteiger partial charge in [-0.3, -0.25) is 9.36 Å². The Bertz CT molecular complexity index is 617. The standard InChI is InChI=1S/C12H13N3O2/c1-17-10-4-2-3-9-11(10)14-7-15(12(9)16)8-5-13-6-8/h2-4,7-8,13H,5-6H2,1H3. The van der Waals surface area contributed by atoms with Gasteiger partial charge in [-0.25, -0.2) is 4.98 Å². The molecular formula is C12H13N3O2. The molecule has 0 aliphatic carbocycles. The van der Waals surface area contributed by atoms with Crippen molar-refractivity contribution in [3.63, 3.8) is 0 Å². The molecule has 0 saturated carbocycles. The molecule has 1 saturated heterocycles. The van der Waals surface area contributed by atoms with Gasteiger partial charge >= 0.3 is 0 Å². The van der Waals surface area contributed by atoms with E-state index in [0.29, 0.717) is 16.7 Å². The number of ether oxygens (including phenoxy) is 1. The number of fused-ring (bicyclic) bond motifs is 1. The fourth-order valence-electron chi connectivity index (χ4n) is 2.03. The first kappa shape index (κ1) is 10.3. The van der Waals surface area contributed by atoms with Gasteiger partial charge in [0.2, 0.25) is 0 Å². The molecule has 88 valence electrons. The monoisotopic (exact) mass is 231 g/mol. The Morgan fingerprint density at radius 1 is 1.47 bits per heavy atom. The van der Waals surface area contributed by atoms with Crippen LogP contribution in [0.15, 0.2) is 29.3 Å². The number of nitrogens with zero attached hydrogens (tertiary/aromatic N) is 2. The number of rotatable bonds is 2. The van der Waals surface area contributed by atoms with Crippen LogP contribution in [0, 0.1) is 0 Å². The largest absolute Gasteiger partial charge is 0.494 e. The van der Waals surface area contributed by atoms with Gasteiger partial charge in [0.1, 0.15) is 11.3 Å². The van der Waals surface area contributed by atoms with Gasteiger partial charge in [0.05, 0.1) is 24.9 Å². The maximum atomic E-state index is 12.3. The predicted molar refractivity (Wildman–Crippen MR) is 64.5 cm³/mol. The molecule has 0 unspecified atom stereocenters. The van der Waals surface area contributed by atoms with Crippen molar-refractivity contribution >= 4 is 10.9 Å². The zero-order valence-corrected chi connectivity index (χ0v) is 9.51. The number of benzene rings is 1. The van der Waals surface area contributed by atoms with Crippen LogP contribution in [-0.4, -0.2) is 29.8 Å². The van der Waals surface area contributed by atoms with E-state index in [-0.39, 0.29) is 11.6 Å². The predicted octanol–water partition coefficient (Wildman–Crippen LogP) is 0.549. The van der Waals surface area contributed by atoms with Crippen LogP contribution >= 0.6 is 0 Å². The van der Waals surface area contributed by atoms with Gasteiger partial charge in [-0.05, 0) is 12.1 Å². The molecule has 3 rings (SSSR count). The van der Waals surface area contributed by atoms with Crippen LogP contribution in [0.4, 0.5) is 0 Å². The summed E-state index contributed by atoms with van der Waals surface area (Å²) in [7, 11) is 1.58. The van der Waals surface area contributed by atoms with E-state index in [1.54, 1.807) is 24.1 Å². The summed E-state index contributed by atoms with van der Waals surface area (Å²) < 4.78 is 6.89. The third kappa shape index (κ3) is 1.51. The van der Waals surface area contributed by atoms with E-state index in [9.17, 15) is 4.79 Å². The summed E-state index contributed by atoms with van der Waals surface area (Å²) in [6, 6.07) is 5.64. The van der Waals surface area contributed by atoms with Crippen LogP contribution in [0.3, 0.4) is 0 Å². The second-order valence-corrected chi connectivity index (χ2v) is 4.13. The number of hydrogen-bond donors (Lipinski definition) is 1. The zero-order valence-electron chi connectivity index (χ0n) is 9.51. The highest BCUT2D eigenvalue weighted by Gasteiger charge is 2.21. The Morgan fingerprint density at radius 2 is 2.29 bits per heavy atom. The molecule has 1 aliphatic heterocycles. The Morgan fingerprint density at radius 3 is 2.94 bits per heavy atom. The summed E-state index contributed by atoms with van der Waals surface area (Å²) in [5.74, 6) is 0.637. The summed E-state index contributed by atoms with van der Waals surface area (Å²) in [6.07, 6.45) is 1.61. The number of para-hydroxylation sites is 1. The average molecular weight is 231 g/mol. The summed E-state index contributed by atoms with van der Waals surface area (Å²) in [4.78, 5) is 16.6. The van der Waals surface area contributed by atoms with Gasteiger partial charge in [0.15, 0.2) is 0 Å². The van der Waals surface area contributed by atoms with Crippen molar-refractivity contribution in [2.24, 2.45) is 0 Å². The normalized spacial score (nSPS) is 15.8. The van der Waals surface area contributed by atoms with Crippen molar-refractivity contribution in [2.45, 2.75) is 6.04 Å². The van der Waals surface area contributed by atoms with E-state index in [1.807, 2.05) is 12.1 Å². The van der Waals surface area contributed by atoms with Crippen molar-refractivity contribution in [3.05, 3.63) is 34.9 Å². The minimum absolute atomic E-state index is 0.000370. The molecular weight excluding hydrogens is 218 g/mol. The molecule has 17 heavy (non-hydrogen) atoms. The summed E-state index contributed by atoms with van der Waals surface area (Å²) in [6.45, 7) is 1.66. The highest BCUT2D eigenvalue weighted by molar-refractivity contribution is 5.83. The lowest BCUT2D eigenvalue weighted by atomic mass is 10.1. The van der Waals surface area contributed by atoms with Crippen molar-refractivity contribution < 1.29 is 4.74 Å². The van der Waals surface area contributed by atoms with Gasteiger partial charge in [-0.2, -0.15) is 0 Å². The number of hydrogen-bond acceptors (Lipinski definition) is 4. The molecule has 1 aromatic heterocycles. The summed E-state index contributed by atoms with van der Waals surface area (Å²) in [5, 5.41) is 3.76. The SMILES string of the molecule is COc1cccc2c(=O)n(C3CNC3)cnc12. The highest BCUT2D eigenvalue weighted by Crippen LogP contribution is 2.21. The van der Waals surface area contributed by atoms with Gasteiger partial charge in [0.25, 0.3) is 5.56 Å². The maximum Gasteiger partial charge on any atom is 0.261 e. The van der Waals surface area contributed by atoms with Crippen molar-refractivity contribution in [1.82, 2.24) is 14.9 Å². The first-order chi connectivity index (χ1) is 8.31. The third-order valence-corrected chi connectivity index (χ3v) is 3.15. The van der Waals surface area contributed by atoms with Crippen LogP contribution in [0.25, 0.3) is 10.9 Å². The van der Waals surface area contributed by atoms with Crippen LogP contribution in [0.5, 0.6) is 5.75 Å². The second-order valence-electron chi connectivity index (χ2n) is 4.13. The lowest BCUT2D eigenvalue weighted by Crippen LogP contribution is -2.46. The Hall–Kier alpha value is -1.88. The number of nitrogens with one attached hydrogen (secondary N) is 1. The quantitative estimate of drug-likeness (QED) is 0.820. The van der Waals surface area contributed by atoms with E-state index >= 15 is 0 Å². The second kappa shape index (κ2) is 3.85. The highest BCUT2D eigenvalue weighted by atomic mass is 16.5. The van der Waals surface area contributed by atoms with Crippen molar-refractivity contribution in [3.8, 4) is 5.75 Å². The Balaban J connectivity index is 2.24. The minimum Gasteiger partial charge on any atom is -0.494 e. The van der Waals surface area contributed by atoms with E-state index in [4.69, 9.17) is 4.74 Å². The van der Waals surface area contributed by atoms with Crippen LogP contribution < -0.4 is 15.6 Å². The Labute approximate surface area is 98.0 Å². The van der Waals surface area contributed by atoms with Crippen LogP contribution in [0.2, 0.25) is 0 Å². The molecule has 0 amide bonds.